The predicted octanol–water partition coefficient (Wildman–Crippen LogP) is 3.70. The monoisotopic (exact) mass is 418 g/mol. The van der Waals surface area contributed by atoms with Crippen molar-refractivity contribution in [2.24, 2.45) is 0 Å². The number of nitrogens with one attached hydrogen (secondary N) is 1. The van der Waals surface area contributed by atoms with Crippen LogP contribution < -0.4 is 0 Å². The van der Waals surface area contributed by atoms with Gasteiger partial charge in [0.05, 0.1) is 21.3 Å². The van der Waals surface area contributed by atoms with Crippen molar-refractivity contribution in [1.82, 2.24) is 14.8 Å². The molecule has 2 heterocycles. The number of hydrogen-bond donors (Lipinski definition) is 2. The molecule has 1 saturated heterocycles. The van der Waals surface area contributed by atoms with Gasteiger partial charge in [-0.3, -0.25) is 15.2 Å². The fourth-order valence-corrected chi connectivity index (χ4v) is 3.86. The Morgan fingerprint density at radius 3 is 2.61 bits per heavy atom. The number of hydrogen-bond acceptors (Lipinski definition) is 5. The molecule has 8 heteroatoms. The van der Waals surface area contributed by atoms with Crippen LogP contribution in [0.2, 0.25) is 0 Å². The number of rotatable bonds is 3. The average molecular weight is 419 g/mol. The summed E-state index contributed by atoms with van der Waals surface area (Å²) in [5.74, 6) is -0.845. The minimum atomic E-state index is -0.726. The fraction of sp³-hybridized carbons (Fsp3) is 0.250. The largest absolute Gasteiger partial charge is 0.362 e. The summed E-state index contributed by atoms with van der Waals surface area (Å²) in [6.45, 7) is 7.37. The summed E-state index contributed by atoms with van der Waals surface area (Å²) in [5.41, 5.74) is 1.35. The summed E-state index contributed by atoms with van der Waals surface area (Å²) in [5, 5.41) is 8.94. The zero-order chi connectivity index (χ0) is 20.4. The van der Waals surface area contributed by atoms with Crippen molar-refractivity contribution < 1.29 is 9.18 Å². The van der Waals surface area contributed by atoms with Crippen LogP contribution in [-0.2, 0) is 4.79 Å². The van der Waals surface area contributed by atoms with Crippen molar-refractivity contribution in [3.63, 3.8) is 0 Å². The normalized spacial score (nSPS) is 19.6. The number of aromatic nitrogens is 1. The molecule has 0 bridgehead atoms. The SMILES string of the molecule is C=CC(=O)N1CCN(/C(S)=C2\C=C(Cl)C(c3ncccc3C)=C(F)C2=N)CC1. The summed E-state index contributed by atoms with van der Waals surface area (Å²) in [6, 6.07) is 3.58. The van der Waals surface area contributed by atoms with E-state index in [0.717, 1.165) is 5.56 Å². The molecule has 1 aliphatic heterocycles. The van der Waals surface area contributed by atoms with E-state index in [1.165, 1.54) is 6.08 Å². The van der Waals surface area contributed by atoms with Crippen LogP contribution in [0.4, 0.5) is 4.39 Å². The van der Waals surface area contributed by atoms with E-state index in [2.05, 4.69) is 24.2 Å². The van der Waals surface area contributed by atoms with E-state index in [1.54, 1.807) is 23.2 Å². The van der Waals surface area contributed by atoms with Crippen LogP contribution >= 0.6 is 24.2 Å². The molecule has 0 spiro atoms. The molecule has 1 aromatic rings. The molecule has 0 saturated carbocycles. The minimum absolute atomic E-state index is 0.120. The van der Waals surface area contributed by atoms with Crippen molar-refractivity contribution in [1.29, 1.82) is 5.41 Å². The molecule has 1 fully saturated rings. The molecule has 2 aliphatic rings. The van der Waals surface area contributed by atoms with Crippen molar-refractivity contribution in [3.05, 3.63) is 69.8 Å². The molecule has 0 atom stereocenters. The van der Waals surface area contributed by atoms with E-state index in [-0.39, 0.29) is 22.2 Å². The molecule has 0 unspecified atom stereocenters. The van der Waals surface area contributed by atoms with Crippen LogP contribution in [0, 0.1) is 12.3 Å². The Morgan fingerprint density at radius 2 is 2.00 bits per heavy atom. The smallest absolute Gasteiger partial charge is 0.246 e. The first-order chi connectivity index (χ1) is 13.3. The number of halogens is 2. The molecule has 0 radical (unpaired) electrons. The maximum atomic E-state index is 15.1. The van der Waals surface area contributed by atoms with Crippen molar-refractivity contribution in [3.8, 4) is 0 Å². The van der Waals surface area contributed by atoms with Gasteiger partial charge in [-0.2, -0.15) is 0 Å². The molecule has 146 valence electrons. The van der Waals surface area contributed by atoms with E-state index in [9.17, 15) is 4.79 Å². The topological polar surface area (TPSA) is 60.3 Å². The first kappa shape index (κ1) is 20.4. The van der Waals surface area contributed by atoms with Gasteiger partial charge in [-0.1, -0.05) is 24.2 Å². The Morgan fingerprint density at radius 1 is 1.36 bits per heavy atom. The highest BCUT2D eigenvalue weighted by molar-refractivity contribution is 7.84. The highest BCUT2D eigenvalue weighted by Gasteiger charge is 2.29. The Labute approximate surface area is 173 Å². The molecule has 1 N–H and O–H groups in total. The molecule has 5 nitrogen and oxygen atoms in total. The lowest BCUT2D eigenvalue weighted by Crippen LogP contribution is -2.47. The number of carbonyl (C=O) groups is 1. The van der Waals surface area contributed by atoms with Gasteiger partial charge in [0.15, 0.2) is 5.83 Å². The molecular formula is C20H20ClFN4OS. The number of piperazine rings is 1. The number of carbonyl (C=O) groups excluding carboxylic acids is 1. The second-order valence-electron chi connectivity index (χ2n) is 6.48. The third-order valence-corrected chi connectivity index (χ3v) is 5.59. The minimum Gasteiger partial charge on any atom is -0.362 e. The fourth-order valence-electron chi connectivity index (χ4n) is 3.20. The van der Waals surface area contributed by atoms with Gasteiger partial charge in [-0.25, -0.2) is 4.39 Å². The van der Waals surface area contributed by atoms with Crippen LogP contribution in [0.5, 0.6) is 0 Å². The maximum Gasteiger partial charge on any atom is 0.246 e. The molecule has 1 amide bonds. The first-order valence-electron chi connectivity index (χ1n) is 8.73. The van der Waals surface area contributed by atoms with Gasteiger partial charge < -0.3 is 9.80 Å². The zero-order valence-electron chi connectivity index (χ0n) is 15.4. The Kier molecular flexibility index (Phi) is 6.05. The predicted molar refractivity (Wildman–Crippen MR) is 113 cm³/mol. The zero-order valence-corrected chi connectivity index (χ0v) is 17.0. The van der Waals surface area contributed by atoms with Gasteiger partial charge in [0, 0.05) is 37.9 Å². The van der Waals surface area contributed by atoms with Crippen LogP contribution in [0.15, 0.2) is 58.5 Å². The number of thiol groups is 1. The van der Waals surface area contributed by atoms with E-state index in [0.29, 0.717) is 42.5 Å². The van der Waals surface area contributed by atoms with E-state index >= 15 is 4.39 Å². The molecule has 1 aliphatic carbocycles. The van der Waals surface area contributed by atoms with Gasteiger partial charge >= 0.3 is 0 Å². The number of amides is 1. The van der Waals surface area contributed by atoms with Gasteiger partial charge in [0.25, 0.3) is 0 Å². The van der Waals surface area contributed by atoms with E-state index in [1.807, 2.05) is 17.9 Å². The van der Waals surface area contributed by atoms with Crippen molar-refractivity contribution in [2.75, 3.05) is 26.2 Å². The Bertz CT molecular complexity index is 945. The van der Waals surface area contributed by atoms with Crippen molar-refractivity contribution >= 4 is 41.4 Å². The average Bonchev–Trinajstić information content (AvgIpc) is 2.71. The Balaban J connectivity index is 1.89. The quantitative estimate of drug-likeness (QED) is 0.581. The molecular weight excluding hydrogens is 399 g/mol. The summed E-state index contributed by atoms with van der Waals surface area (Å²) in [4.78, 5) is 19.5. The third kappa shape index (κ3) is 3.77. The lowest BCUT2D eigenvalue weighted by Gasteiger charge is -2.36. The summed E-state index contributed by atoms with van der Waals surface area (Å²) in [6.07, 6.45) is 4.41. The standard InChI is InChI=1S/C20H20ClFN4OS/c1-3-15(27)25-7-9-26(10-8-25)20(28)13-11-14(21)16(17(22)18(13)23)19-12(2)5-4-6-24-19/h3-6,11,23,28H,1,7-10H2,2H3/b20-13-,23-18?. The lowest BCUT2D eigenvalue weighted by molar-refractivity contribution is -0.127. The summed E-state index contributed by atoms with van der Waals surface area (Å²) >= 11 is 10.9. The highest BCUT2D eigenvalue weighted by atomic mass is 35.5. The van der Waals surface area contributed by atoms with Crippen LogP contribution in [0.25, 0.3) is 5.57 Å². The molecule has 28 heavy (non-hydrogen) atoms. The number of nitrogens with zero attached hydrogens (tertiary/aromatic N) is 3. The summed E-state index contributed by atoms with van der Waals surface area (Å²) in [7, 11) is 0. The Hall–Kier alpha value is -2.38. The van der Waals surface area contributed by atoms with E-state index < -0.39 is 5.83 Å². The number of pyridine rings is 1. The molecule has 0 aromatic carbocycles. The summed E-state index contributed by atoms with van der Waals surface area (Å²) < 4.78 is 15.1. The third-order valence-electron chi connectivity index (χ3n) is 4.77. The number of aryl methyl sites for hydroxylation is 1. The van der Waals surface area contributed by atoms with Crippen LogP contribution in [-0.4, -0.2) is 52.6 Å². The molecule has 1 aromatic heterocycles. The lowest BCUT2D eigenvalue weighted by atomic mass is 9.95. The maximum absolute atomic E-state index is 15.1. The van der Waals surface area contributed by atoms with Gasteiger partial charge in [-0.05, 0) is 30.7 Å². The van der Waals surface area contributed by atoms with Gasteiger partial charge in [-0.15, -0.1) is 12.6 Å². The number of allylic oxidation sites excluding steroid dienone is 5. The van der Waals surface area contributed by atoms with Crippen LogP contribution in [0.3, 0.4) is 0 Å². The van der Waals surface area contributed by atoms with Crippen molar-refractivity contribution in [2.45, 2.75) is 6.92 Å². The molecule has 3 rings (SSSR count). The van der Waals surface area contributed by atoms with Gasteiger partial charge in [0.1, 0.15) is 5.71 Å². The van der Waals surface area contributed by atoms with Crippen LogP contribution in [0.1, 0.15) is 11.3 Å². The van der Waals surface area contributed by atoms with Gasteiger partial charge in [0.2, 0.25) is 5.91 Å². The first-order valence-corrected chi connectivity index (χ1v) is 9.55. The second kappa shape index (κ2) is 8.32. The highest BCUT2D eigenvalue weighted by Crippen LogP contribution is 2.38. The second-order valence-corrected chi connectivity index (χ2v) is 7.31. The van der Waals surface area contributed by atoms with E-state index in [4.69, 9.17) is 17.0 Å².